The summed E-state index contributed by atoms with van der Waals surface area (Å²) in [5.41, 5.74) is 0.792. The Bertz CT molecular complexity index is 919. The van der Waals surface area contributed by atoms with Gasteiger partial charge in [0, 0.05) is 28.6 Å². The molecule has 0 heterocycles. The van der Waals surface area contributed by atoms with Crippen LogP contribution in [0.1, 0.15) is 5.56 Å². The Morgan fingerprint density at radius 3 is 2.52 bits per heavy atom. The first-order valence-corrected chi connectivity index (χ1v) is 12.0. The number of hydrogen-bond acceptors (Lipinski definition) is 5. The molecule has 0 atom stereocenters. The number of carbonyl (C=O) groups is 1. The van der Waals surface area contributed by atoms with Crippen molar-refractivity contribution >= 4 is 45.0 Å². The van der Waals surface area contributed by atoms with Crippen molar-refractivity contribution in [3.63, 3.8) is 0 Å². The average Bonchev–Trinajstić information content (AvgIpc) is 2.67. The number of sulfonamides is 1. The van der Waals surface area contributed by atoms with Crippen LogP contribution in [0.15, 0.2) is 42.5 Å². The van der Waals surface area contributed by atoms with Gasteiger partial charge in [0.15, 0.2) is 0 Å². The summed E-state index contributed by atoms with van der Waals surface area (Å²) in [6, 6.07) is 10.9. The Balaban J connectivity index is 1.85. The second kappa shape index (κ2) is 10.7. The Morgan fingerprint density at radius 2 is 1.93 bits per heavy atom. The highest BCUT2D eigenvalue weighted by Gasteiger charge is 2.20. The molecular weight excluding hydrogens is 439 g/mol. The molecule has 1 N–H and O–H groups in total. The summed E-state index contributed by atoms with van der Waals surface area (Å²) < 4.78 is 44.0. The first kappa shape index (κ1) is 23.3. The maximum atomic E-state index is 13.7. The van der Waals surface area contributed by atoms with Crippen LogP contribution < -0.4 is 14.4 Å². The van der Waals surface area contributed by atoms with E-state index in [0.717, 1.165) is 10.6 Å². The molecule has 2 rings (SSSR count). The van der Waals surface area contributed by atoms with Crippen LogP contribution in [0.4, 0.5) is 10.1 Å². The van der Waals surface area contributed by atoms with E-state index in [-0.39, 0.29) is 12.4 Å². The summed E-state index contributed by atoms with van der Waals surface area (Å²) in [6.07, 6.45) is 1.04. The maximum absolute atomic E-state index is 13.7. The van der Waals surface area contributed by atoms with Gasteiger partial charge in [-0.3, -0.25) is 9.10 Å². The van der Waals surface area contributed by atoms with Crippen LogP contribution in [0.5, 0.6) is 5.75 Å². The van der Waals surface area contributed by atoms with E-state index in [1.165, 1.54) is 24.9 Å². The van der Waals surface area contributed by atoms with E-state index in [9.17, 15) is 17.6 Å². The molecule has 0 aromatic heterocycles. The molecule has 0 bridgehead atoms. The van der Waals surface area contributed by atoms with E-state index in [1.54, 1.807) is 36.4 Å². The Morgan fingerprint density at radius 1 is 1.24 bits per heavy atom. The summed E-state index contributed by atoms with van der Waals surface area (Å²) in [4.78, 5) is 12.2. The number of nitrogens with zero attached hydrogens (tertiary/aromatic N) is 1. The molecule has 0 aliphatic carbocycles. The molecule has 0 aliphatic heterocycles. The lowest BCUT2D eigenvalue weighted by molar-refractivity contribution is -0.119. The van der Waals surface area contributed by atoms with Gasteiger partial charge in [-0.1, -0.05) is 17.7 Å². The lowest BCUT2D eigenvalue weighted by Gasteiger charge is -2.22. The lowest BCUT2D eigenvalue weighted by atomic mass is 10.2. The van der Waals surface area contributed by atoms with Gasteiger partial charge in [-0.25, -0.2) is 12.8 Å². The first-order valence-electron chi connectivity index (χ1n) is 8.61. The summed E-state index contributed by atoms with van der Waals surface area (Å²) in [7, 11) is -2.13. The lowest BCUT2D eigenvalue weighted by Crippen LogP contribution is -2.41. The Labute approximate surface area is 179 Å². The van der Waals surface area contributed by atoms with Gasteiger partial charge in [-0.15, -0.1) is 0 Å². The van der Waals surface area contributed by atoms with Crippen LogP contribution in [0.3, 0.4) is 0 Å². The van der Waals surface area contributed by atoms with Crippen molar-refractivity contribution in [1.29, 1.82) is 0 Å². The van der Waals surface area contributed by atoms with Gasteiger partial charge >= 0.3 is 0 Å². The van der Waals surface area contributed by atoms with Crippen molar-refractivity contribution < 1.29 is 22.3 Å². The SMILES string of the molecule is COc1ccc(N(CC(=O)NCCSCc2c(F)cccc2Cl)S(C)(=O)=O)cc1. The number of nitrogens with one attached hydrogen (secondary N) is 1. The standard InChI is InChI=1S/C19H22ClFN2O4S2/c1-27-15-8-6-14(7-9-15)23(29(2,25)26)12-19(24)22-10-11-28-13-16-17(20)4-3-5-18(16)21/h3-9H,10-13H2,1-2H3,(H,22,24). The summed E-state index contributed by atoms with van der Waals surface area (Å²) in [5.74, 6) is 0.687. The molecular formula is C19H22ClFN2O4S2. The molecule has 158 valence electrons. The Hall–Kier alpha value is -1.97. The quantitative estimate of drug-likeness (QED) is 0.550. The smallest absolute Gasteiger partial charge is 0.240 e. The molecule has 0 fully saturated rings. The summed E-state index contributed by atoms with van der Waals surface area (Å²) in [5, 5.41) is 3.04. The van der Waals surface area contributed by atoms with Crippen molar-refractivity contribution in [3.8, 4) is 5.75 Å². The van der Waals surface area contributed by atoms with E-state index in [2.05, 4.69) is 5.32 Å². The van der Waals surface area contributed by atoms with E-state index in [0.29, 0.717) is 40.1 Å². The third kappa shape index (κ3) is 7.09. The fourth-order valence-electron chi connectivity index (χ4n) is 2.44. The predicted octanol–water partition coefficient (Wildman–Crippen LogP) is 3.30. The van der Waals surface area contributed by atoms with Gasteiger partial charge in [0.1, 0.15) is 18.1 Å². The number of halogens is 2. The van der Waals surface area contributed by atoms with Crippen LogP contribution >= 0.6 is 23.4 Å². The number of hydrogen-bond donors (Lipinski definition) is 1. The van der Waals surface area contributed by atoms with Crippen LogP contribution in [-0.2, 0) is 20.6 Å². The van der Waals surface area contributed by atoms with Crippen molar-refractivity contribution in [2.75, 3.05) is 36.5 Å². The topological polar surface area (TPSA) is 75.7 Å². The largest absolute Gasteiger partial charge is 0.497 e. The van der Waals surface area contributed by atoms with Gasteiger partial charge in [0.05, 0.1) is 19.1 Å². The minimum absolute atomic E-state index is 0.315. The second-order valence-electron chi connectivity index (χ2n) is 6.07. The van der Waals surface area contributed by atoms with E-state index < -0.39 is 15.9 Å². The number of methoxy groups -OCH3 is 1. The highest BCUT2D eigenvalue weighted by molar-refractivity contribution is 7.98. The number of rotatable bonds is 10. The molecule has 1 amide bonds. The van der Waals surface area contributed by atoms with Crippen molar-refractivity contribution in [2.45, 2.75) is 5.75 Å². The van der Waals surface area contributed by atoms with Gasteiger partial charge in [-0.05, 0) is 36.4 Å². The average molecular weight is 461 g/mol. The normalized spacial score (nSPS) is 11.2. The molecule has 2 aromatic carbocycles. The highest BCUT2D eigenvalue weighted by Crippen LogP contribution is 2.24. The molecule has 0 aliphatic rings. The van der Waals surface area contributed by atoms with E-state index >= 15 is 0 Å². The molecule has 0 saturated heterocycles. The van der Waals surface area contributed by atoms with Crippen molar-refractivity contribution in [2.24, 2.45) is 0 Å². The van der Waals surface area contributed by atoms with Gasteiger partial charge in [-0.2, -0.15) is 11.8 Å². The van der Waals surface area contributed by atoms with Crippen LogP contribution in [0, 0.1) is 5.82 Å². The zero-order chi connectivity index (χ0) is 21.4. The van der Waals surface area contributed by atoms with Crippen LogP contribution in [0.25, 0.3) is 0 Å². The van der Waals surface area contributed by atoms with E-state index in [1.807, 2.05) is 0 Å². The minimum Gasteiger partial charge on any atom is -0.497 e. The molecule has 6 nitrogen and oxygen atoms in total. The number of anilines is 1. The number of benzene rings is 2. The number of carbonyl (C=O) groups excluding carboxylic acids is 1. The van der Waals surface area contributed by atoms with Gasteiger partial charge in [0.2, 0.25) is 15.9 Å². The molecule has 0 saturated carbocycles. The minimum atomic E-state index is -3.64. The fraction of sp³-hybridized carbons (Fsp3) is 0.316. The number of ether oxygens (including phenoxy) is 1. The molecule has 10 heteroatoms. The molecule has 0 spiro atoms. The van der Waals surface area contributed by atoms with Gasteiger partial charge in [0.25, 0.3) is 0 Å². The second-order valence-corrected chi connectivity index (χ2v) is 9.49. The Kier molecular flexibility index (Phi) is 8.60. The third-order valence-corrected chi connectivity index (χ3v) is 6.40. The highest BCUT2D eigenvalue weighted by atomic mass is 35.5. The summed E-state index contributed by atoms with van der Waals surface area (Å²) in [6.45, 7) is -0.0231. The van der Waals surface area contributed by atoms with Gasteiger partial charge < -0.3 is 10.1 Å². The fourth-order valence-corrected chi connectivity index (χ4v) is 4.50. The zero-order valence-electron chi connectivity index (χ0n) is 16.0. The maximum Gasteiger partial charge on any atom is 0.240 e. The third-order valence-electron chi connectivity index (χ3n) is 3.92. The monoisotopic (exact) mass is 460 g/mol. The molecule has 29 heavy (non-hydrogen) atoms. The molecule has 0 radical (unpaired) electrons. The van der Waals surface area contributed by atoms with E-state index in [4.69, 9.17) is 16.3 Å². The molecule has 2 aromatic rings. The number of thioether (sulfide) groups is 1. The van der Waals surface area contributed by atoms with Crippen LogP contribution in [-0.4, -0.2) is 46.5 Å². The molecule has 0 unspecified atom stereocenters. The first-order chi connectivity index (χ1) is 13.7. The van der Waals surface area contributed by atoms with Crippen LogP contribution in [0.2, 0.25) is 5.02 Å². The summed E-state index contributed by atoms with van der Waals surface area (Å²) >= 11 is 7.39. The zero-order valence-corrected chi connectivity index (χ0v) is 18.4. The number of amides is 1. The van der Waals surface area contributed by atoms with Crippen molar-refractivity contribution in [1.82, 2.24) is 5.32 Å². The predicted molar refractivity (Wildman–Crippen MR) is 116 cm³/mol. The van der Waals surface area contributed by atoms with Crippen molar-refractivity contribution in [3.05, 3.63) is 58.9 Å².